The lowest BCUT2D eigenvalue weighted by Crippen LogP contribution is -2.08. The second-order valence-electron chi connectivity index (χ2n) is 6.36. The lowest BCUT2D eigenvalue weighted by atomic mass is 9.91. The molecule has 0 spiro atoms. The Labute approximate surface area is 151 Å². The molecule has 0 N–H and O–H groups in total. The van der Waals surface area contributed by atoms with E-state index in [1.807, 2.05) is 42.5 Å². The van der Waals surface area contributed by atoms with Crippen LogP contribution in [-0.4, -0.2) is 12.1 Å². The van der Waals surface area contributed by atoms with Crippen LogP contribution < -0.4 is 9.47 Å². The zero-order chi connectivity index (χ0) is 17.5. The lowest BCUT2D eigenvalue weighted by molar-refractivity contribution is 0.306. The normalized spacial score (nSPS) is 12.2. The highest BCUT2D eigenvalue weighted by atomic mass is 16.5. The van der Waals surface area contributed by atoms with Gasteiger partial charge < -0.3 is 9.47 Å². The van der Waals surface area contributed by atoms with E-state index in [-0.39, 0.29) is 0 Å². The molecule has 3 nitrogen and oxygen atoms in total. The number of benzene rings is 3. The molecule has 4 aromatic rings. The third kappa shape index (κ3) is 2.25. The van der Waals surface area contributed by atoms with Crippen molar-refractivity contribution in [1.29, 1.82) is 0 Å². The molecular formula is C23H17NO2. The average Bonchev–Trinajstić information content (AvgIpc) is 2.73. The van der Waals surface area contributed by atoms with E-state index in [1.54, 1.807) is 7.11 Å². The number of hydrogen-bond acceptors (Lipinski definition) is 3. The van der Waals surface area contributed by atoms with Crippen LogP contribution in [0, 0.1) is 0 Å². The Morgan fingerprint density at radius 3 is 2.50 bits per heavy atom. The van der Waals surface area contributed by atoms with Crippen LogP contribution in [0.3, 0.4) is 0 Å². The Morgan fingerprint density at radius 1 is 0.885 bits per heavy atom. The van der Waals surface area contributed by atoms with Gasteiger partial charge in [-0.3, -0.25) is 0 Å². The quantitative estimate of drug-likeness (QED) is 0.485. The summed E-state index contributed by atoms with van der Waals surface area (Å²) in [6.07, 6.45) is 0. The van der Waals surface area contributed by atoms with Crippen LogP contribution in [0.25, 0.3) is 33.3 Å². The summed E-state index contributed by atoms with van der Waals surface area (Å²) in [6, 6.07) is 24.6. The number of fused-ring (bicyclic) bond motifs is 5. The molecule has 0 unspecified atom stereocenters. The molecule has 2 heterocycles. The zero-order valence-corrected chi connectivity index (χ0v) is 14.4. The number of methoxy groups -OCH3 is 1. The molecule has 1 aliphatic rings. The smallest absolute Gasteiger partial charge is 0.139 e. The highest BCUT2D eigenvalue weighted by molar-refractivity contribution is 6.00. The molecule has 3 aromatic carbocycles. The van der Waals surface area contributed by atoms with Gasteiger partial charge in [0.25, 0.3) is 0 Å². The van der Waals surface area contributed by atoms with Gasteiger partial charge in [0.05, 0.1) is 23.9 Å². The Morgan fingerprint density at radius 2 is 1.65 bits per heavy atom. The third-order valence-corrected chi connectivity index (χ3v) is 4.87. The third-order valence-electron chi connectivity index (χ3n) is 4.87. The monoisotopic (exact) mass is 339 g/mol. The molecule has 26 heavy (non-hydrogen) atoms. The maximum Gasteiger partial charge on any atom is 0.139 e. The first-order chi connectivity index (χ1) is 12.8. The zero-order valence-electron chi connectivity index (χ0n) is 14.4. The van der Waals surface area contributed by atoms with Gasteiger partial charge in [-0.15, -0.1) is 0 Å². The van der Waals surface area contributed by atoms with Crippen molar-refractivity contribution < 1.29 is 9.47 Å². The molecule has 1 aromatic heterocycles. The molecule has 0 radical (unpaired) electrons. The fourth-order valence-electron chi connectivity index (χ4n) is 3.58. The van der Waals surface area contributed by atoms with E-state index in [2.05, 4.69) is 30.3 Å². The minimum Gasteiger partial charge on any atom is -0.497 e. The average molecular weight is 339 g/mol. The Kier molecular flexibility index (Phi) is 3.39. The van der Waals surface area contributed by atoms with Crippen molar-refractivity contribution in [1.82, 2.24) is 4.98 Å². The molecule has 1 aliphatic heterocycles. The van der Waals surface area contributed by atoms with E-state index >= 15 is 0 Å². The summed E-state index contributed by atoms with van der Waals surface area (Å²) in [7, 11) is 1.68. The summed E-state index contributed by atoms with van der Waals surface area (Å²) in [5, 5.41) is 1.05. The summed E-state index contributed by atoms with van der Waals surface area (Å²) < 4.78 is 11.5. The standard InChI is InChI=1S/C23H17NO2/c1-25-17-12-10-15(11-13-17)22-21-18-7-3-2-6-16(18)14-26-23(21)19-8-4-5-9-20(19)24-22/h2-13H,14H2,1H3. The second-order valence-corrected chi connectivity index (χ2v) is 6.36. The first-order valence-electron chi connectivity index (χ1n) is 8.63. The first-order valence-corrected chi connectivity index (χ1v) is 8.63. The summed E-state index contributed by atoms with van der Waals surface area (Å²) in [5.74, 6) is 1.75. The summed E-state index contributed by atoms with van der Waals surface area (Å²) in [4.78, 5) is 4.99. The van der Waals surface area contributed by atoms with Crippen molar-refractivity contribution in [3.8, 4) is 33.9 Å². The van der Waals surface area contributed by atoms with Gasteiger partial charge in [0, 0.05) is 10.9 Å². The molecular weight excluding hydrogens is 322 g/mol. The molecule has 0 atom stereocenters. The Bertz CT molecular complexity index is 1120. The number of rotatable bonds is 2. The van der Waals surface area contributed by atoms with Gasteiger partial charge in [0.1, 0.15) is 18.1 Å². The van der Waals surface area contributed by atoms with Crippen LogP contribution in [0.1, 0.15) is 5.56 Å². The number of ether oxygens (including phenoxy) is 2. The van der Waals surface area contributed by atoms with Crippen LogP contribution in [-0.2, 0) is 6.61 Å². The van der Waals surface area contributed by atoms with Crippen molar-refractivity contribution in [2.45, 2.75) is 6.61 Å². The van der Waals surface area contributed by atoms with Crippen LogP contribution >= 0.6 is 0 Å². The first kappa shape index (κ1) is 15.0. The van der Waals surface area contributed by atoms with E-state index in [0.717, 1.165) is 39.2 Å². The van der Waals surface area contributed by atoms with Gasteiger partial charge in [0.2, 0.25) is 0 Å². The van der Waals surface area contributed by atoms with Crippen molar-refractivity contribution in [2.24, 2.45) is 0 Å². The number of aromatic nitrogens is 1. The number of pyridine rings is 1. The molecule has 126 valence electrons. The van der Waals surface area contributed by atoms with Crippen molar-refractivity contribution in [3.05, 3.63) is 78.4 Å². The Hall–Kier alpha value is -3.33. The van der Waals surface area contributed by atoms with Crippen molar-refractivity contribution in [3.63, 3.8) is 0 Å². The number of hydrogen-bond donors (Lipinski definition) is 0. The van der Waals surface area contributed by atoms with E-state index in [1.165, 1.54) is 11.1 Å². The topological polar surface area (TPSA) is 31.4 Å². The summed E-state index contributed by atoms with van der Waals surface area (Å²) in [6.45, 7) is 0.583. The van der Waals surface area contributed by atoms with Crippen LogP contribution in [0.4, 0.5) is 0 Å². The molecule has 5 rings (SSSR count). The van der Waals surface area contributed by atoms with Crippen LogP contribution in [0.5, 0.6) is 11.5 Å². The fraction of sp³-hybridized carbons (Fsp3) is 0.0870. The molecule has 0 aliphatic carbocycles. The second kappa shape index (κ2) is 5.88. The number of nitrogens with zero attached hydrogens (tertiary/aromatic N) is 1. The molecule has 0 saturated carbocycles. The van der Waals surface area contributed by atoms with Gasteiger partial charge in [0.15, 0.2) is 0 Å². The van der Waals surface area contributed by atoms with Gasteiger partial charge in [-0.25, -0.2) is 4.98 Å². The SMILES string of the molecule is COc1ccc(-c2nc3ccccc3c3c2-c2ccccc2CO3)cc1. The fourth-order valence-corrected chi connectivity index (χ4v) is 3.58. The minimum absolute atomic E-state index is 0.583. The molecule has 0 fully saturated rings. The highest BCUT2D eigenvalue weighted by Crippen LogP contribution is 2.46. The predicted octanol–water partition coefficient (Wildman–Crippen LogP) is 5.47. The molecule has 0 saturated heterocycles. The highest BCUT2D eigenvalue weighted by Gasteiger charge is 2.24. The van der Waals surface area contributed by atoms with E-state index < -0.39 is 0 Å². The maximum absolute atomic E-state index is 6.21. The summed E-state index contributed by atoms with van der Waals surface area (Å²) in [5.41, 5.74) is 6.37. The van der Waals surface area contributed by atoms with Gasteiger partial charge >= 0.3 is 0 Å². The van der Waals surface area contributed by atoms with E-state index in [9.17, 15) is 0 Å². The van der Waals surface area contributed by atoms with Crippen LogP contribution in [0.15, 0.2) is 72.8 Å². The van der Waals surface area contributed by atoms with Gasteiger partial charge in [-0.05, 0) is 47.5 Å². The van der Waals surface area contributed by atoms with Gasteiger partial charge in [-0.1, -0.05) is 36.4 Å². The molecule has 0 bridgehead atoms. The minimum atomic E-state index is 0.583. The molecule has 0 amide bonds. The summed E-state index contributed by atoms with van der Waals surface area (Å²) >= 11 is 0. The predicted molar refractivity (Wildman–Crippen MR) is 103 cm³/mol. The van der Waals surface area contributed by atoms with E-state index in [4.69, 9.17) is 14.5 Å². The number of para-hydroxylation sites is 1. The Balaban J connectivity index is 1.86. The van der Waals surface area contributed by atoms with Crippen LogP contribution in [0.2, 0.25) is 0 Å². The largest absolute Gasteiger partial charge is 0.497 e. The van der Waals surface area contributed by atoms with Crippen molar-refractivity contribution >= 4 is 10.9 Å². The van der Waals surface area contributed by atoms with Gasteiger partial charge in [-0.2, -0.15) is 0 Å². The van der Waals surface area contributed by atoms with E-state index in [0.29, 0.717) is 6.61 Å². The van der Waals surface area contributed by atoms with Crippen molar-refractivity contribution in [2.75, 3.05) is 7.11 Å². The molecule has 3 heteroatoms. The lowest BCUT2D eigenvalue weighted by Gasteiger charge is -2.24. The maximum atomic E-state index is 6.21.